The molecule has 6 nitrogen and oxygen atoms in total. The summed E-state index contributed by atoms with van der Waals surface area (Å²) in [6.45, 7) is 6.20. The average Bonchev–Trinajstić information content (AvgIpc) is 3.02. The number of ether oxygens (including phenoxy) is 1. The molecule has 0 fully saturated rings. The number of nitrogens with zero attached hydrogens (tertiary/aromatic N) is 3. The predicted octanol–water partition coefficient (Wildman–Crippen LogP) is 3.59. The highest BCUT2D eigenvalue weighted by Gasteiger charge is 2.23. The van der Waals surface area contributed by atoms with Gasteiger partial charge in [-0.25, -0.2) is 9.48 Å². The summed E-state index contributed by atoms with van der Waals surface area (Å²) in [4.78, 5) is 27.0. The Hall–Kier alpha value is -2.54. The summed E-state index contributed by atoms with van der Waals surface area (Å²) >= 11 is 1.60. The van der Waals surface area contributed by atoms with E-state index in [2.05, 4.69) is 17.2 Å². The molecule has 0 unspecified atom stereocenters. The molecule has 0 radical (unpaired) electrons. The summed E-state index contributed by atoms with van der Waals surface area (Å²) in [6, 6.07) is 7.07. The van der Waals surface area contributed by atoms with E-state index in [0.717, 1.165) is 35.0 Å². The normalized spacial score (nSPS) is 16.4. The van der Waals surface area contributed by atoms with Gasteiger partial charge < -0.3 is 4.74 Å². The van der Waals surface area contributed by atoms with Crippen molar-refractivity contribution >= 4 is 27.5 Å². The van der Waals surface area contributed by atoms with Crippen LogP contribution in [0.4, 0.5) is 0 Å². The summed E-state index contributed by atoms with van der Waals surface area (Å²) in [7, 11) is 0. The summed E-state index contributed by atoms with van der Waals surface area (Å²) in [5.41, 5.74) is 2.46. The van der Waals surface area contributed by atoms with Crippen molar-refractivity contribution in [2.75, 3.05) is 0 Å². The van der Waals surface area contributed by atoms with Crippen LogP contribution in [0.2, 0.25) is 0 Å². The molecule has 146 valence electrons. The molecule has 1 aliphatic carbocycles. The van der Waals surface area contributed by atoms with Crippen LogP contribution >= 0.6 is 11.3 Å². The number of rotatable bonds is 4. The number of thiophene rings is 1. The van der Waals surface area contributed by atoms with Crippen molar-refractivity contribution in [2.45, 2.75) is 52.7 Å². The first-order chi connectivity index (χ1) is 13.4. The van der Waals surface area contributed by atoms with Crippen LogP contribution in [0.3, 0.4) is 0 Å². The van der Waals surface area contributed by atoms with Gasteiger partial charge in [-0.2, -0.15) is 0 Å². The topological polar surface area (TPSA) is 74.1 Å². The van der Waals surface area contributed by atoms with Gasteiger partial charge in [0.25, 0.3) is 5.56 Å². The zero-order valence-electron chi connectivity index (χ0n) is 16.3. The van der Waals surface area contributed by atoms with E-state index < -0.39 is 0 Å². The number of esters is 1. The van der Waals surface area contributed by atoms with Crippen LogP contribution in [0.15, 0.2) is 29.1 Å². The van der Waals surface area contributed by atoms with Crippen molar-refractivity contribution in [3.8, 4) is 0 Å². The maximum absolute atomic E-state index is 13.0. The van der Waals surface area contributed by atoms with E-state index in [1.807, 2.05) is 26.0 Å². The minimum atomic E-state index is -0.348. The zero-order valence-corrected chi connectivity index (χ0v) is 17.1. The summed E-state index contributed by atoms with van der Waals surface area (Å²) in [6.07, 6.45) is 2.90. The lowest BCUT2D eigenvalue weighted by Gasteiger charge is -2.17. The Balaban J connectivity index is 1.61. The highest BCUT2D eigenvalue weighted by atomic mass is 32.1. The predicted molar refractivity (Wildman–Crippen MR) is 109 cm³/mol. The summed E-state index contributed by atoms with van der Waals surface area (Å²) < 4.78 is 6.61. The van der Waals surface area contributed by atoms with Crippen molar-refractivity contribution in [1.29, 1.82) is 0 Å². The molecule has 1 aromatic carbocycles. The van der Waals surface area contributed by atoms with E-state index in [9.17, 15) is 9.59 Å². The van der Waals surface area contributed by atoms with Gasteiger partial charge in [0.2, 0.25) is 0 Å². The molecule has 0 saturated heterocycles. The van der Waals surface area contributed by atoms with Crippen LogP contribution < -0.4 is 5.56 Å². The molecule has 1 aliphatic rings. The highest BCUT2D eigenvalue weighted by molar-refractivity contribution is 7.18. The second-order valence-electron chi connectivity index (χ2n) is 7.74. The second-order valence-corrected chi connectivity index (χ2v) is 8.82. The zero-order chi connectivity index (χ0) is 19.8. The van der Waals surface area contributed by atoms with Crippen molar-refractivity contribution in [1.82, 2.24) is 15.0 Å². The molecule has 0 spiro atoms. The Bertz CT molecular complexity index is 1080. The van der Waals surface area contributed by atoms with Gasteiger partial charge >= 0.3 is 5.97 Å². The van der Waals surface area contributed by atoms with Crippen molar-refractivity contribution in [3.05, 3.63) is 56.2 Å². The van der Waals surface area contributed by atoms with E-state index in [0.29, 0.717) is 18.0 Å². The van der Waals surface area contributed by atoms with E-state index in [1.165, 1.54) is 15.1 Å². The molecule has 2 heterocycles. The first kappa shape index (κ1) is 18.8. The smallest absolute Gasteiger partial charge is 0.338 e. The minimum Gasteiger partial charge on any atom is -0.459 e. The Morgan fingerprint density at radius 2 is 2.07 bits per heavy atom. The lowest BCUT2D eigenvalue weighted by atomic mass is 9.89. The molecule has 1 atom stereocenters. The molecule has 0 aliphatic heterocycles. The molecule has 0 saturated carbocycles. The van der Waals surface area contributed by atoms with Gasteiger partial charge in [-0.05, 0) is 62.3 Å². The Morgan fingerprint density at radius 1 is 1.32 bits per heavy atom. The van der Waals surface area contributed by atoms with Crippen LogP contribution in [0.5, 0.6) is 0 Å². The van der Waals surface area contributed by atoms with Crippen LogP contribution in [0.1, 0.15) is 53.6 Å². The maximum Gasteiger partial charge on any atom is 0.338 e. The number of hydrogen-bond donors (Lipinski definition) is 0. The molecule has 2 aromatic heterocycles. The van der Waals surface area contributed by atoms with Crippen LogP contribution in [0, 0.1) is 5.92 Å². The van der Waals surface area contributed by atoms with Gasteiger partial charge in [-0.15, -0.1) is 16.4 Å². The number of benzene rings is 1. The van der Waals surface area contributed by atoms with Gasteiger partial charge in [0, 0.05) is 4.88 Å². The van der Waals surface area contributed by atoms with Crippen LogP contribution in [-0.4, -0.2) is 27.1 Å². The highest BCUT2D eigenvalue weighted by Crippen LogP contribution is 2.35. The third-order valence-corrected chi connectivity index (χ3v) is 6.19. The number of carbonyl (C=O) groups is 1. The van der Waals surface area contributed by atoms with Crippen molar-refractivity contribution in [3.63, 3.8) is 0 Å². The first-order valence-corrected chi connectivity index (χ1v) is 10.4. The van der Waals surface area contributed by atoms with E-state index >= 15 is 0 Å². The number of hydrogen-bond acceptors (Lipinski definition) is 6. The number of aromatic nitrogens is 3. The quantitative estimate of drug-likeness (QED) is 0.629. The standard InChI is InChI=1S/C21H23N3O3S/c1-12(2)27-21(26)15-7-5-14(6-8-15)11-24-20(25)18-16-9-4-13(3)10-17(16)28-19(18)22-23-24/h5-8,12-13H,4,9-11H2,1-3H3/t13-/m1/s1. The van der Waals surface area contributed by atoms with E-state index in [-0.39, 0.29) is 17.6 Å². The number of fused-ring (bicyclic) bond motifs is 3. The van der Waals surface area contributed by atoms with Crippen molar-refractivity contribution < 1.29 is 9.53 Å². The molecule has 3 aromatic rings. The van der Waals surface area contributed by atoms with Crippen LogP contribution in [-0.2, 0) is 24.1 Å². The second kappa shape index (κ2) is 7.47. The lowest BCUT2D eigenvalue weighted by molar-refractivity contribution is 0.0378. The molecule has 4 rings (SSSR count). The van der Waals surface area contributed by atoms with Gasteiger partial charge in [0.15, 0.2) is 4.83 Å². The van der Waals surface area contributed by atoms with Gasteiger partial charge in [-0.1, -0.05) is 24.3 Å². The monoisotopic (exact) mass is 397 g/mol. The van der Waals surface area contributed by atoms with Crippen LogP contribution in [0.25, 0.3) is 10.2 Å². The number of carbonyl (C=O) groups excluding carboxylic acids is 1. The fraction of sp³-hybridized carbons (Fsp3) is 0.429. The minimum absolute atomic E-state index is 0.0830. The first-order valence-electron chi connectivity index (χ1n) is 9.60. The van der Waals surface area contributed by atoms with E-state index in [4.69, 9.17) is 4.74 Å². The molecule has 0 N–H and O–H groups in total. The fourth-order valence-corrected chi connectivity index (χ4v) is 4.91. The Labute approximate surface area is 167 Å². The maximum atomic E-state index is 13.0. The molecule has 7 heteroatoms. The lowest BCUT2D eigenvalue weighted by Crippen LogP contribution is -2.25. The SMILES string of the molecule is CC(C)OC(=O)c1ccc(Cn2nnc3sc4c(c3c2=O)CC[C@@H](C)C4)cc1. The third kappa shape index (κ3) is 3.58. The summed E-state index contributed by atoms with van der Waals surface area (Å²) in [5, 5.41) is 9.17. The third-order valence-electron chi connectivity index (χ3n) is 5.05. The molecular formula is C21H23N3O3S. The molecule has 28 heavy (non-hydrogen) atoms. The largest absolute Gasteiger partial charge is 0.459 e. The Kier molecular flexibility index (Phi) is 5.02. The van der Waals surface area contributed by atoms with Gasteiger partial charge in [0.1, 0.15) is 0 Å². The van der Waals surface area contributed by atoms with Gasteiger partial charge in [0.05, 0.1) is 23.6 Å². The summed E-state index contributed by atoms with van der Waals surface area (Å²) in [5.74, 6) is 0.302. The molecule has 0 bridgehead atoms. The van der Waals surface area contributed by atoms with E-state index in [1.54, 1.807) is 23.5 Å². The molecule has 0 amide bonds. The Morgan fingerprint density at radius 3 is 2.79 bits per heavy atom. The average molecular weight is 398 g/mol. The number of aryl methyl sites for hydroxylation is 1. The van der Waals surface area contributed by atoms with Crippen molar-refractivity contribution in [2.24, 2.45) is 5.92 Å². The molecular weight excluding hydrogens is 374 g/mol. The fourth-order valence-electron chi connectivity index (χ4n) is 3.60. The van der Waals surface area contributed by atoms with Gasteiger partial charge in [-0.3, -0.25) is 4.79 Å².